The smallest absolute Gasteiger partial charge is 0.233 e. The van der Waals surface area contributed by atoms with E-state index >= 15 is 0 Å². The van der Waals surface area contributed by atoms with Crippen LogP contribution in [0.2, 0.25) is 0 Å². The zero-order valence-corrected chi connectivity index (χ0v) is 14.0. The Balaban J connectivity index is 2.04. The molecule has 0 bridgehead atoms. The molecule has 0 saturated carbocycles. The fourth-order valence-corrected chi connectivity index (χ4v) is 3.54. The number of hydrogen-bond acceptors (Lipinski definition) is 3. The SMILES string of the molecule is Cc1cc(I)ccc1NS(=O)(=O)CCc1ccccn1. The van der Waals surface area contributed by atoms with Crippen molar-refractivity contribution in [3.05, 3.63) is 57.4 Å². The minimum atomic E-state index is -3.36. The molecule has 20 heavy (non-hydrogen) atoms. The van der Waals surface area contributed by atoms with Crippen LogP contribution in [0.5, 0.6) is 0 Å². The second kappa shape index (κ2) is 6.53. The maximum absolute atomic E-state index is 12.1. The Morgan fingerprint density at radius 1 is 1.25 bits per heavy atom. The van der Waals surface area contributed by atoms with Gasteiger partial charge < -0.3 is 0 Å². The molecule has 0 aliphatic heterocycles. The molecule has 0 amide bonds. The van der Waals surface area contributed by atoms with Crippen LogP contribution in [0.3, 0.4) is 0 Å². The highest BCUT2D eigenvalue weighted by Gasteiger charge is 2.12. The Kier molecular flexibility index (Phi) is 4.98. The average molecular weight is 402 g/mol. The van der Waals surface area contributed by atoms with Crippen molar-refractivity contribution in [1.29, 1.82) is 0 Å². The number of benzene rings is 1. The molecule has 1 N–H and O–H groups in total. The summed E-state index contributed by atoms with van der Waals surface area (Å²) in [6.45, 7) is 1.89. The topological polar surface area (TPSA) is 59.1 Å². The molecule has 2 rings (SSSR count). The number of nitrogens with one attached hydrogen (secondary N) is 1. The zero-order chi connectivity index (χ0) is 14.6. The van der Waals surface area contributed by atoms with Gasteiger partial charge in [-0.3, -0.25) is 9.71 Å². The number of hydrogen-bond donors (Lipinski definition) is 1. The van der Waals surface area contributed by atoms with Gasteiger partial charge in [-0.05, 0) is 65.4 Å². The molecule has 0 radical (unpaired) electrons. The van der Waals surface area contributed by atoms with Gasteiger partial charge in [0.2, 0.25) is 10.0 Å². The van der Waals surface area contributed by atoms with Crippen molar-refractivity contribution in [2.45, 2.75) is 13.3 Å². The fourth-order valence-electron chi connectivity index (χ4n) is 1.75. The van der Waals surface area contributed by atoms with Crippen LogP contribution in [-0.2, 0) is 16.4 Å². The number of nitrogens with zero attached hydrogens (tertiary/aromatic N) is 1. The second-order valence-corrected chi connectivity index (χ2v) is 7.54. The second-order valence-electron chi connectivity index (χ2n) is 4.45. The lowest BCUT2D eigenvalue weighted by molar-refractivity contribution is 0.600. The number of halogens is 1. The summed E-state index contributed by atoms with van der Waals surface area (Å²) < 4.78 is 27.8. The molecule has 0 atom stereocenters. The molecule has 0 aliphatic rings. The zero-order valence-electron chi connectivity index (χ0n) is 11.0. The number of anilines is 1. The molecular weight excluding hydrogens is 387 g/mol. The Labute approximate surface area is 132 Å². The van der Waals surface area contributed by atoms with Gasteiger partial charge in [-0.15, -0.1) is 0 Å². The predicted octanol–water partition coefficient (Wildman–Crippen LogP) is 2.98. The largest absolute Gasteiger partial charge is 0.283 e. The Morgan fingerprint density at radius 3 is 2.70 bits per heavy atom. The summed E-state index contributed by atoms with van der Waals surface area (Å²) in [6.07, 6.45) is 2.07. The number of aryl methyl sites for hydroxylation is 2. The summed E-state index contributed by atoms with van der Waals surface area (Å²) in [6, 6.07) is 11.1. The van der Waals surface area contributed by atoms with E-state index in [1.54, 1.807) is 12.3 Å². The van der Waals surface area contributed by atoms with E-state index in [9.17, 15) is 8.42 Å². The van der Waals surface area contributed by atoms with E-state index in [0.717, 1.165) is 14.8 Å². The van der Waals surface area contributed by atoms with Gasteiger partial charge in [-0.2, -0.15) is 0 Å². The summed E-state index contributed by atoms with van der Waals surface area (Å²) >= 11 is 2.20. The molecule has 0 spiro atoms. The first-order valence-electron chi connectivity index (χ1n) is 6.13. The number of aromatic nitrogens is 1. The van der Waals surface area contributed by atoms with Crippen molar-refractivity contribution in [1.82, 2.24) is 4.98 Å². The molecule has 0 unspecified atom stereocenters. The van der Waals surface area contributed by atoms with E-state index in [4.69, 9.17) is 0 Å². The van der Waals surface area contributed by atoms with Crippen LogP contribution in [0.25, 0.3) is 0 Å². The lowest BCUT2D eigenvalue weighted by Crippen LogP contribution is -2.19. The third kappa shape index (κ3) is 4.45. The normalized spacial score (nSPS) is 11.3. The standard InChI is InChI=1S/C14H15IN2O2S/c1-11-10-12(15)5-6-14(11)17-20(18,19)9-7-13-4-2-3-8-16-13/h2-6,8,10,17H,7,9H2,1H3. The summed E-state index contributed by atoms with van der Waals surface area (Å²) in [4.78, 5) is 4.12. The molecule has 2 aromatic rings. The van der Waals surface area contributed by atoms with Crippen LogP contribution < -0.4 is 4.72 Å². The maximum atomic E-state index is 12.1. The first-order valence-corrected chi connectivity index (χ1v) is 8.86. The summed E-state index contributed by atoms with van der Waals surface area (Å²) in [5.41, 5.74) is 2.32. The van der Waals surface area contributed by atoms with Crippen molar-refractivity contribution < 1.29 is 8.42 Å². The molecule has 6 heteroatoms. The van der Waals surface area contributed by atoms with Crippen molar-refractivity contribution in [2.75, 3.05) is 10.5 Å². The third-order valence-corrected chi connectivity index (χ3v) is 4.75. The number of sulfonamides is 1. The highest BCUT2D eigenvalue weighted by atomic mass is 127. The lowest BCUT2D eigenvalue weighted by atomic mass is 10.2. The first-order chi connectivity index (χ1) is 9.46. The van der Waals surface area contributed by atoms with Crippen LogP contribution in [0.15, 0.2) is 42.6 Å². The van der Waals surface area contributed by atoms with E-state index in [1.165, 1.54) is 0 Å². The van der Waals surface area contributed by atoms with Crippen LogP contribution in [0, 0.1) is 10.5 Å². The molecule has 106 valence electrons. The fraction of sp³-hybridized carbons (Fsp3) is 0.214. The minimum Gasteiger partial charge on any atom is -0.283 e. The van der Waals surface area contributed by atoms with E-state index in [-0.39, 0.29) is 5.75 Å². The van der Waals surface area contributed by atoms with E-state index in [1.807, 2.05) is 37.3 Å². The first kappa shape index (κ1) is 15.2. The highest BCUT2D eigenvalue weighted by Crippen LogP contribution is 2.19. The summed E-state index contributed by atoms with van der Waals surface area (Å²) in [5.74, 6) is 0.0233. The van der Waals surface area contributed by atoms with Crippen molar-refractivity contribution in [3.63, 3.8) is 0 Å². The van der Waals surface area contributed by atoms with Gasteiger partial charge in [0.1, 0.15) is 0 Å². The van der Waals surface area contributed by atoms with Crippen molar-refractivity contribution >= 4 is 38.3 Å². The molecule has 4 nitrogen and oxygen atoms in total. The van der Waals surface area contributed by atoms with Gasteiger partial charge in [-0.25, -0.2) is 8.42 Å². The van der Waals surface area contributed by atoms with Crippen LogP contribution >= 0.6 is 22.6 Å². The molecule has 1 aromatic carbocycles. The number of rotatable bonds is 5. The van der Waals surface area contributed by atoms with Gasteiger partial charge in [-0.1, -0.05) is 6.07 Å². The number of pyridine rings is 1. The van der Waals surface area contributed by atoms with Crippen LogP contribution in [-0.4, -0.2) is 19.2 Å². The van der Waals surface area contributed by atoms with E-state index < -0.39 is 10.0 Å². The van der Waals surface area contributed by atoms with Crippen LogP contribution in [0.1, 0.15) is 11.3 Å². The highest BCUT2D eigenvalue weighted by molar-refractivity contribution is 14.1. The Bertz CT molecular complexity index is 688. The average Bonchev–Trinajstić information content (AvgIpc) is 2.41. The molecule has 0 saturated heterocycles. The van der Waals surface area contributed by atoms with Gasteiger partial charge in [0.15, 0.2) is 0 Å². The van der Waals surface area contributed by atoms with Gasteiger partial charge in [0.05, 0.1) is 11.4 Å². The van der Waals surface area contributed by atoms with Gasteiger partial charge in [0, 0.05) is 21.9 Å². The summed E-state index contributed by atoms with van der Waals surface area (Å²) in [7, 11) is -3.36. The van der Waals surface area contributed by atoms with E-state index in [2.05, 4.69) is 32.3 Å². The van der Waals surface area contributed by atoms with E-state index in [0.29, 0.717) is 12.1 Å². The molecular formula is C14H15IN2O2S. The molecule has 0 aliphatic carbocycles. The summed E-state index contributed by atoms with van der Waals surface area (Å²) in [5, 5.41) is 0. The maximum Gasteiger partial charge on any atom is 0.233 e. The third-order valence-electron chi connectivity index (χ3n) is 2.81. The predicted molar refractivity (Wildman–Crippen MR) is 89.2 cm³/mol. The Hall–Kier alpha value is -1.15. The van der Waals surface area contributed by atoms with Gasteiger partial charge >= 0.3 is 0 Å². The van der Waals surface area contributed by atoms with Crippen molar-refractivity contribution in [2.24, 2.45) is 0 Å². The molecule has 1 heterocycles. The molecule has 1 aromatic heterocycles. The van der Waals surface area contributed by atoms with Crippen molar-refractivity contribution in [3.8, 4) is 0 Å². The lowest BCUT2D eigenvalue weighted by Gasteiger charge is -2.10. The molecule has 0 fully saturated rings. The van der Waals surface area contributed by atoms with Gasteiger partial charge in [0.25, 0.3) is 0 Å². The monoisotopic (exact) mass is 402 g/mol. The quantitative estimate of drug-likeness (QED) is 0.783. The van der Waals surface area contributed by atoms with Crippen LogP contribution in [0.4, 0.5) is 5.69 Å². The Morgan fingerprint density at radius 2 is 2.05 bits per heavy atom. The minimum absolute atomic E-state index is 0.0233.